The molecule has 2 N–H and O–H groups in total. The maximum atomic E-state index is 8.83. The summed E-state index contributed by atoms with van der Waals surface area (Å²) in [7, 11) is 0. The zero-order valence-corrected chi connectivity index (χ0v) is 11.3. The van der Waals surface area contributed by atoms with Gasteiger partial charge in [0.2, 0.25) is 0 Å². The molecule has 0 aromatic carbocycles. The van der Waals surface area contributed by atoms with Gasteiger partial charge in [-0.05, 0) is 30.0 Å². The molecule has 3 rings (SSSR count). The van der Waals surface area contributed by atoms with Crippen LogP contribution in [0.15, 0.2) is 29.9 Å². The molecule has 0 amide bonds. The van der Waals surface area contributed by atoms with Gasteiger partial charge in [0.05, 0.1) is 18.4 Å². The van der Waals surface area contributed by atoms with Gasteiger partial charge in [0.25, 0.3) is 0 Å². The van der Waals surface area contributed by atoms with Gasteiger partial charge >= 0.3 is 0 Å². The first-order chi connectivity index (χ1) is 9.28. The molecule has 0 fully saturated rings. The molecule has 3 aromatic heterocycles. The van der Waals surface area contributed by atoms with Gasteiger partial charge in [0, 0.05) is 17.6 Å². The molecule has 5 nitrogen and oxygen atoms in total. The van der Waals surface area contributed by atoms with Crippen LogP contribution in [0.25, 0.3) is 16.1 Å². The van der Waals surface area contributed by atoms with Crippen molar-refractivity contribution in [3.63, 3.8) is 0 Å². The standard InChI is InChI=1S/C13H14N4OS/c1-9-6-11(19-8-9)10-7-15-17-4-2-12(14-3-5-18)16-13(10)17/h2,4,6-8,18H,3,5H2,1H3,(H,14,16). The first-order valence-corrected chi connectivity index (χ1v) is 6.90. The first kappa shape index (κ1) is 12.1. The fourth-order valence-corrected chi connectivity index (χ4v) is 2.80. The zero-order chi connectivity index (χ0) is 13.2. The Bertz CT molecular complexity index is 704. The number of aliphatic hydroxyl groups is 1. The van der Waals surface area contributed by atoms with Crippen molar-refractivity contribution in [1.29, 1.82) is 0 Å². The molecule has 19 heavy (non-hydrogen) atoms. The van der Waals surface area contributed by atoms with Crippen molar-refractivity contribution in [3.05, 3.63) is 35.5 Å². The van der Waals surface area contributed by atoms with Gasteiger partial charge in [0.15, 0.2) is 5.65 Å². The molecular weight excluding hydrogens is 260 g/mol. The van der Waals surface area contributed by atoms with E-state index in [1.54, 1.807) is 15.9 Å². The van der Waals surface area contributed by atoms with Gasteiger partial charge in [-0.15, -0.1) is 11.3 Å². The fourth-order valence-electron chi connectivity index (χ4n) is 1.90. The van der Waals surface area contributed by atoms with Gasteiger partial charge in [-0.2, -0.15) is 5.10 Å². The Hall–Kier alpha value is -1.92. The monoisotopic (exact) mass is 274 g/mol. The number of hydrogen-bond donors (Lipinski definition) is 2. The van der Waals surface area contributed by atoms with Crippen LogP contribution in [0.1, 0.15) is 5.56 Å². The third-order valence-corrected chi connectivity index (χ3v) is 3.86. The smallest absolute Gasteiger partial charge is 0.165 e. The third-order valence-electron chi connectivity index (χ3n) is 2.78. The van der Waals surface area contributed by atoms with E-state index in [4.69, 9.17) is 5.11 Å². The van der Waals surface area contributed by atoms with Crippen molar-refractivity contribution in [1.82, 2.24) is 14.6 Å². The highest BCUT2D eigenvalue weighted by molar-refractivity contribution is 7.13. The van der Waals surface area contributed by atoms with Gasteiger partial charge in [-0.1, -0.05) is 0 Å². The number of thiophene rings is 1. The molecule has 6 heteroatoms. The highest BCUT2D eigenvalue weighted by atomic mass is 32.1. The Labute approximate surface area is 114 Å². The number of nitrogens with one attached hydrogen (secondary N) is 1. The second-order valence-electron chi connectivity index (χ2n) is 4.28. The maximum Gasteiger partial charge on any atom is 0.165 e. The highest BCUT2D eigenvalue weighted by Gasteiger charge is 2.10. The minimum Gasteiger partial charge on any atom is -0.395 e. The molecular formula is C13H14N4OS. The predicted molar refractivity (Wildman–Crippen MR) is 76.6 cm³/mol. The van der Waals surface area contributed by atoms with E-state index >= 15 is 0 Å². The number of aliphatic hydroxyl groups excluding tert-OH is 1. The van der Waals surface area contributed by atoms with Crippen LogP contribution in [0.5, 0.6) is 0 Å². The van der Waals surface area contributed by atoms with E-state index in [1.165, 1.54) is 10.4 Å². The summed E-state index contributed by atoms with van der Waals surface area (Å²) in [5.74, 6) is 0.747. The predicted octanol–water partition coefficient (Wildman–Crippen LogP) is 2.17. The molecule has 98 valence electrons. The molecule has 0 bridgehead atoms. The van der Waals surface area contributed by atoms with Crippen LogP contribution in [0.4, 0.5) is 5.82 Å². The van der Waals surface area contributed by atoms with E-state index in [1.807, 2.05) is 18.5 Å². The molecule has 3 heterocycles. The van der Waals surface area contributed by atoms with Gasteiger partial charge in [-0.25, -0.2) is 9.50 Å². The molecule has 0 aliphatic heterocycles. The summed E-state index contributed by atoms with van der Waals surface area (Å²) in [5, 5.41) is 18.3. The molecule has 0 unspecified atom stereocenters. The van der Waals surface area contributed by atoms with E-state index in [-0.39, 0.29) is 6.61 Å². The Morgan fingerprint density at radius 2 is 2.37 bits per heavy atom. The number of fused-ring (bicyclic) bond motifs is 1. The summed E-state index contributed by atoms with van der Waals surface area (Å²) in [6, 6.07) is 3.98. The number of anilines is 1. The first-order valence-electron chi connectivity index (χ1n) is 6.02. The number of rotatable bonds is 4. The lowest BCUT2D eigenvalue weighted by atomic mass is 10.2. The lowest BCUT2D eigenvalue weighted by Crippen LogP contribution is -2.07. The highest BCUT2D eigenvalue weighted by Crippen LogP contribution is 2.29. The van der Waals surface area contributed by atoms with Crippen LogP contribution >= 0.6 is 11.3 Å². The zero-order valence-electron chi connectivity index (χ0n) is 10.5. The lowest BCUT2D eigenvalue weighted by Gasteiger charge is -2.03. The largest absolute Gasteiger partial charge is 0.395 e. The quantitative estimate of drug-likeness (QED) is 0.765. The molecule has 3 aromatic rings. The minimum absolute atomic E-state index is 0.0864. The second kappa shape index (κ2) is 4.99. The Kier molecular flexibility index (Phi) is 3.18. The van der Waals surface area contributed by atoms with E-state index in [9.17, 15) is 0 Å². The summed E-state index contributed by atoms with van der Waals surface area (Å²) in [4.78, 5) is 5.71. The van der Waals surface area contributed by atoms with Crippen LogP contribution in [0.2, 0.25) is 0 Å². The van der Waals surface area contributed by atoms with E-state index in [0.29, 0.717) is 6.54 Å². The van der Waals surface area contributed by atoms with Crippen molar-refractivity contribution in [3.8, 4) is 10.4 Å². The molecule has 0 saturated carbocycles. The van der Waals surface area contributed by atoms with Crippen LogP contribution in [-0.4, -0.2) is 32.9 Å². The van der Waals surface area contributed by atoms with Crippen molar-refractivity contribution in [2.24, 2.45) is 0 Å². The van der Waals surface area contributed by atoms with Crippen molar-refractivity contribution in [2.45, 2.75) is 6.92 Å². The van der Waals surface area contributed by atoms with Crippen molar-refractivity contribution < 1.29 is 5.11 Å². The summed E-state index contributed by atoms with van der Waals surface area (Å²) >= 11 is 1.69. The average Bonchev–Trinajstić information content (AvgIpc) is 3.01. The SMILES string of the molecule is Cc1csc(-c2cnn3ccc(NCCO)nc23)c1. The molecule has 0 aliphatic carbocycles. The van der Waals surface area contributed by atoms with Crippen LogP contribution < -0.4 is 5.32 Å². The fraction of sp³-hybridized carbons (Fsp3) is 0.231. The molecule has 0 radical (unpaired) electrons. The van der Waals surface area contributed by atoms with Gasteiger partial charge in [-0.3, -0.25) is 0 Å². The second-order valence-corrected chi connectivity index (χ2v) is 5.19. The van der Waals surface area contributed by atoms with Crippen LogP contribution in [0.3, 0.4) is 0 Å². The van der Waals surface area contributed by atoms with Crippen molar-refractivity contribution >= 4 is 22.8 Å². The molecule has 0 aliphatic rings. The van der Waals surface area contributed by atoms with Crippen molar-refractivity contribution in [2.75, 3.05) is 18.5 Å². The van der Waals surface area contributed by atoms with Gasteiger partial charge < -0.3 is 10.4 Å². The summed E-state index contributed by atoms with van der Waals surface area (Å²) in [5.41, 5.74) is 3.10. The Morgan fingerprint density at radius 1 is 1.47 bits per heavy atom. The van der Waals surface area contributed by atoms with Gasteiger partial charge in [0.1, 0.15) is 5.82 Å². The minimum atomic E-state index is 0.0864. The summed E-state index contributed by atoms with van der Waals surface area (Å²) in [6.07, 6.45) is 3.70. The van der Waals surface area contributed by atoms with Crippen LogP contribution in [-0.2, 0) is 0 Å². The van der Waals surface area contributed by atoms with E-state index in [0.717, 1.165) is 17.0 Å². The molecule has 0 saturated heterocycles. The molecule has 0 atom stereocenters. The maximum absolute atomic E-state index is 8.83. The van der Waals surface area contributed by atoms with E-state index < -0.39 is 0 Å². The normalized spacial score (nSPS) is 11.1. The number of aromatic nitrogens is 3. The summed E-state index contributed by atoms with van der Waals surface area (Å²) < 4.78 is 1.76. The number of nitrogens with zero attached hydrogens (tertiary/aromatic N) is 3. The molecule has 0 spiro atoms. The topological polar surface area (TPSA) is 62.5 Å². The third kappa shape index (κ3) is 2.32. The number of aryl methyl sites for hydroxylation is 1. The Morgan fingerprint density at radius 3 is 3.11 bits per heavy atom. The van der Waals surface area contributed by atoms with Crippen LogP contribution in [0, 0.1) is 6.92 Å². The van der Waals surface area contributed by atoms with E-state index in [2.05, 4.69) is 33.8 Å². The average molecular weight is 274 g/mol. The summed E-state index contributed by atoms with van der Waals surface area (Å²) in [6.45, 7) is 2.65. The Balaban J connectivity index is 2.05. The lowest BCUT2D eigenvalue weighted by molar-refractivity contribution is 0.311. The number of hydrogen-bond acceptors (Lipinski definition) is 5.